The maximum Gasteiger partial charge on any atom is 0.322 e. The molecule has 0 bridgehead atoms. The smallest absolute Gasteiger partial charge is 0.322 e. The molecule has 650 valence electrons. The number of carbonyl (C=O) groups is 9. The van der Waals surface area contributed by atoms with Gasteiger partial charge in [0.2, 0.25) is 35.4 Å². The minimum atomic E-state index is -0.398. The average molecular weight is 1710 g/mol. The highest BCUT2D eigenvalue weighted by molar-refractivity contribution is 8.02. The van der Waals surface area contributed by atoms with Crippen molar-refractivity contribution < 1.29 is 50.7 Å². The number of ether oxygens (including phenoxy) is 1. The van der Waals surface area contributed by atoms with Gasteiger partial charge in [-0.3, -0.25) is 28.8 Å². The molecule has 0 aromatic heterocycles. The third-order valence-electron chi connectivity index (χ3n) is 25.7. The van der Waals surface area contributed by atoms with Crippen LogP contribution in [0.3, 0.4) is 0 Å². The summed E-state index contributed by atoms with van der Waals surface area (Å²) in [4.78, 5) is 140. The monoisotopic (exact) mass is 1710 g/mol. The van der Waals surface area contributed by atoms with Gasteiger partial charge in [-0.2, -0.15) is 0 Å². The molecule has 26 heteroatoms. The number of likely N-dealkylation sites (tertiary alicyclic amines) is 3. The number of anilines is 4. The summed E-state index contributed by atoms with van der Waals surface area (Å²) in [5, 5.41) is 7.90. The van der Waals surface area contributed by atoms with Gasteiger partial charge in [0.15, 0.2) is 0 Å². The quantitative estimate of drug-likeness (QED) is 0.0542. The molecule has 6 aromatic carbocycles. The Labute approximate surface area is 730 Å². The van der Waals surface area contributed by atoms with Crippen LogP contribution in [0.2, 0.25) is 0 Å². The average Bonchev–Trinajstić information content (AvgIpc) is 1.45. The molecular weight excluding hydrogens is 1580 g/mol. The lowest BCUT2D eigenvalue weighted by Crippen LogP contribution is -2.51. The van der Waals surface area contributed by atoms with Gasteiger partial charge in [-0.15, -0.1) is 35.3 Å². The third kappa shape index (κ3) is 21.7. The van der Waals surface area contributed by atoms with E-state index in [0.29, 0.717) is 103 Å². The Morgan fingerprint density at radius 2 is 0.777 bits per heavy atom. The zero-order valence-corrected chi connectivity index (χ0v) is 74.0. The minimum absolute atomic E-state index is 0. The number of nitrogens with one attached hydrogen (secondary N) is 3. The maximum absolute atomic E-state index is 13.9. The van der Waals surface area contributed by atoms with Crippen molar-refractivity contribution in [3.05, 3.63) is 191 Å². The fourth-order valence-electron chi connectivity index (χ4n) is 18.4. The van der Waals surface area contributed by atoms with E-state index in [-0.39, 0.29) is 126 Å². The standard InChI is InChI=1S/C34H45N5O4S.C32H42N4O3S.C29H36N4O3S.2H2/c1-24(2)11-17-39-32(41)30(44-33(39)27-8-4-6-10-29(27)36-19-21-43-22-20-36)23-31(40)37-15-13-26(14-16-37)38-18-12-25-7-3-5-9-28(25)35-34(38)42;1-22(2)13-19-36-30(38)28(40-31(36)23(3)24-9-5-4-6-10-24)21-29(37)34-17-15-26(16-18-34)35-20-14-25-11-7-8-12-27(25)33-32(35)39;1-20(2)12-17-32-27(35)25(37-28(32)21-8-4-3-5-9-21)18-26(34)31-15-13-23(14-16-31)33-19-22-10-6-7-11-24(22)30-29(33)36;;/h3-10,24,26,30,33H,11-23H2,1-2H3,(H,35,42);4-12,22-23,26,28,31H,13-21H2,1-3H3,(H,33,39);3-11,20,23,25,28H,12-19H2,1-2H3,(H,30,36);2*1H/t;23-,28?,31?;;;/m.0.../s1. The fraction of sp³-hybridized carbons (Fsp3) is 0.526. The van der Waals surface area contributed by atoms with Gasteiger partial charge < -0.3 is 69.7 Å². The van der Waals surface area contributed by atoms with E-state index in [2.05, 4.69) is 130 Å². The van der Waals surface area contributed by atoms with Crippen LogP contribution < -0.4 is 20.9 Å². The third-order valence-corrected chi connectivity index (χ3v) is 30.3. The molecule has 3 N–H and O–H groups in total. The minimum Gasteiger partial charge on any atom is -0.378 e. The zero-order chi connectivity index (χ0) is 84.8. The van der Waals surface area contributed by atoms with Crippen LogP contribution in [0.15, 0.2) is 158 Å². The second-order valence-corrected chi connectivity index (χ2v) is 39.0. The van der Waals surface area contributed by atoms with Crippen molar-refractivity contribution in [3.8, 4) is 0 Å². The highest BCUT2D eigenvalue weighted by Crippen LogP contribution is 2.49. The van der Waals surface area contributed by atoms with Gasteiger partial charge >= 0.3 is 18.1 Å². The molecule has 121 heavy (non-hydrogen) atoms. The topological polar surface area (TPSA) is 231 Å². The Kier molecular flexibility index (Phi) is 30.1. The Bertz CT molecular complexity index is 4590. The van der Waals surface area contributed by atoms with Crippen LogP contribution in [0.4, 0.5) is 37.1 Å². The molecule has 7 fully saturated rings. The van der Waals surface area contributed by atoms with Crippen LogP contribution in [-0.4, -0.2) is 235 Å². The SMILES string of the molecule is CC(C)CCN1C(=O)C(CC(=O)N2CCC(N3CCc4ccccc4NC3=O)CC2)SC1[C@@H](C)c1ccccc1.CC(C)CCN1C(=O)C(CC(=O)N2CCC(N3CCc4ccccc4NC3=O)CC2)SC1c1ccccc1N1CCOCC1.CC(C)CCN1C(=O)C(CC(=O)N2CCC(N3Cc4ccccc4NC3=O)CC2)SC1c1ccccc1.[HH].[HH]. The lowest BCUT2D eigenvalue weighted by molar-refractivity contribution is -0.137. The summed E-state index contributed by atoms with van der Waals surface area (Å²) in [6, 6.07) is 52.9. The summed E-state index contributed by atoms with van der Waals surface area (Å²) in [6.07, 6.45) is 9.65. The number of carbonyl (C=O) groups excluding carboxylic acids is 9. The van der Waals surface area contributed by atoms with Gasteiger partial charge in [-0.25, -0.2) is 14.4 Å². The van der Waals surface area contributed by atoms with Crippen molar-refractivity contribution in [1.82, 2.24) is 44.1 Å². The molecule has 6 aromatic rings. The first-order valence-electron chi connectivity index (χ1n) is 44.3. The van der Waals surface area contributed by atoms with Crippen LogP contribution in [0.1, 0.15) is 178 Å². The van der Waals surface area contributed by atoms with E-state index in [1.54, 1.807) is 35.3 Å². The van der Waals surface area contributed by atoms with Crippen molar-refractivity contribution >= 4 is 112 Å². The Morgan fingerprint density at radius 1 is 0.405 bits per heavy atom. The van der Waals surface area contributed by atoms with Crippen LogP contribution in [0.5, 0.6) is 0 Å². The largest absolute Gasteiger partial charge is 0.378 e. The highest BCUT2D eigenvalue weighted by Gasteiger charge is 2.48. The molecule has 0 spiro atoms. The molecule has 0 aliphatic carbocycles. The van der Waals surface area contributed by atoms with Crippen molar-refractivity contribution in [2.24, 2.45) is 17.8 Å². The van der Waals surface area contributed by atoms with Crippen molar-refractivity contribution in [2.75, 3.05) is 119 Å². The number of urea groups is 3. The van der Waals surface area contributed by atoms with E-state index in [1.165, 1.54) is 5.56 Å². The Hall–Kier alpha value is -9.24. The van der Waals surface area contributed by atoms with Gasteiger partial charge in [0, 0.05) is 166 Å². The number of rotatable bonds is 23. The molecular formula is C95H127N13O10S3. The lowest BCUT2D eigenvalue weighted by atomic mass is 9.99. The van der Waals surface area contributed by atoms with E-state index in [9.17, 15) is 43.2 Å². The molecule has 16 rings (SSSR count). The second-order valence-electron chi connectivity index (χ2n) is 35.1. The first kappa shape index (κ1) is 88.1. The van der Waals surface area contributed by atoms with Crippen molar-refractivity contribution in [2.45, 2.75) is 201 Å². The Morgan fingerprint density at radius 3 is 1.26 bits per heavy atom. The van der Waals surface area contributed by atoms with Gasteiger partial charge in [-0.1, -0.05) is 182 Å². The van der Waals surface area contributed by atoms with E-state index in [1.807, 2.05) is 141 Å². The number of fused-ring (bicyclic) bond motifs is 3. The molecule has 10 heterocycles. The van der Waals surface area contributed by atoms with E-state index in [0.717, 1.165) is 141 Å². The van der Waals surface area contributed by atoms with E-state index in [4.69, 9.17) is 4.74 Å². The number of piperidine rings is 3. The number of nitrogens with zero attached hydrogens (tertiary/aromatic N) is 10. The summed E-state index contributed by atoms with van der Waals surface area (Å²) in [5.41, 5.74) is 10.7. The lowest BCUT2D eigenvalue weighted by Gasteiger charge is -2.40. The molecule has 7 saturated heterocycles. The molecule has 23 nitrogen and oxygen atoms in total. The van der Waals surface area contributed by atoms with Gasteiger partial charge in [0.05, 0.1) is 34.3 Å². The molecule has 12 amide bonds. The van der Waals surface area contributed by atoms with E-state index < -0.39 is 5.25 Å². The summed E-state index contributed by atoms with van der Waals surface area (Å²) >= 11 is 4.90. The first-order chi connectivity index (χ1) is 58.6. The summed E-state index contributed by atoms with van der Waals surface area (Å²) in [6.45, 7) is 26.1. The van der Waals surface area contributed by atoms with Crippen LogP contribution in [0.25, 0.3) is 0 Å². The normalized spacial score (nSPS) is 22.8. The summed E-state index contributed by atoms with van der Waals surface area (Å²) in [7, 11) is 0. The number of hydrogen-bond donors (Lipinski definition) is 3. The molecule has 0 saturated carbocycles. The number of thioether (sulfide) groups is 3. The fourth-order valence-corrected chi connectivity index (χ4v) is 23.0. The van der Waals surface area contributed by atoms with Gasteiger partial charge in [0.25, 0.3) is 0 Å². The molecule has 0 radical (unpaired) electrons. The summed E-state index contributed by atoms with van der Waals surface area (Å²) < 4.78 is 5.60. The van der Waals surface area contributed by atoms with Crippen LogP contribution in [0, 0.1) is 17.8 Å². The maximum atomic E-state index is 13.9. The predicted octanol–water partition coefficient (Wildman–Crippen LogP) is 16.2. The van der Waals surface area contributed by atoms with Gasteiger partial charge in [-0.05, 0) is 140 Å². The van der Waals surface area contributed by atoms with Crippen molar-refractivity contribution in [3.63, 3.8) is 0 Å². The number of para-hydroxylation sites is 4. The molecule has 10 aliphatic rings. The first-order valence-corrected chi connectivity index (χ1v) is 47.1. The molecule has 6 unspecified atom stereocenters. The molecule has 7 atom stereocenters. The second kappa shape index (κ2) is 41.3. The number of hydrogen-bond acceptors (Lipinski definition) is 14. The van der Waals surface area contributed by atoms with Crippen molar-refractivity contribution in [1.29, 1.82) is 0 Å². The van der Waals surface area contributed by atoms with Gasteiger partial charge in [0.1, 0.15) is 10.7 Å². The van der Waals surface area contributed by atoms with Crippen LogP contribution in [-0.2, 0) is 52.9 Å². The van der Waals surface area contributed by atoms with Crippen LogP contribution >= 0.6 is 35.3 Å². The number of morpholine rings is 1. The number of amides is 12. The molecule has 10 aliphatic heterocycles. The van der Waals surface area contributed by atoms with E-state index >= 15 is 0 Å². The Balaban J connectivity index is 0.000000168. The summed E-state index contributed by atoms with van der Waals surface area (Å²) in [5.74, 6) is 2.04. The highest BCUT2D eigenvalue weighted by atomic mass is 32.2. The zero-order valence-electron chi connectivity index (χ0n) is 71.5. The number of benzene rings is 6. The predicted molar refractivity (Wildman–Crippen MR) is 487 cm³/mol.